The minimum atomic E-state index is -0.791. The Labute approximate surface area is 109 Å². The van der Waals surface area contributed by atoms with Crippen LogP contribution in [0.4, 0.5) is 4.39 Å². The molecule has 2 N–H and O–H groups in total. The van der Waals surface area contributed by atoms with Gasteiger partial charge < -0.3 is 5.73 Å². The van der Waals surface area contributed by atoms with Crippen LogP contribution in [0.5, 0.6) is 0 Å². The zero-order valence-corrected chi connectivity index (χ0v) is 11.1. The largest absolute Gasteiger partial charge is 0.317 e. The van der Waals surface area contributed by atoms with Crippen LogP contribution >= 0.6 is 11.3 Å². The molecule has 0 radical (unpaired) electrons. The highest BCUT2D eigenvalue weighted by Crippen LogP contribution is 2.24. The van der Waals surface area contributed by atoms with E-state index in [1.165, 1.54) is 17.4 Å². The second kappa shape index (κ2) is 5.00. The Kier molecular flexibility index (Phi) is 3.59. The van der Waals surface area contributed by atoms with E-state index in [2.05, 4.69) is 0 Å². The Hall–Kier alpha value is -1.52. The molecule has 1 atom stereocenters. The summed E-state index contributed by atoms with van der Waals surface area (Å²) in [5, 5.41) is 1.85. The zero-order valence-electron chi connectivity index (χ0n) is 10.2. The maximum atomic E-state index is 13.9. The maximum Gasteiger partial charge on any atom is 0.188 e. The molecular formula is C14H14FNOS. The Balaban J connectivity index is 2.41. The monoisotopic (exact) mass is 263 g/mol. The number of carbonyl (C=O) groups excluding carboxylic acids is 1. The molecule has 0 amide bonds. The summed E-state index contributed by atoms with van der Waals surface area (Å²) in [6.45, 7) is 3.52. The van der Waals surface area contributed by atoms with Gasteiger partial charge in [0.05, 0.1) is 5.56 Å². The molecule has 94 valence electrons. The van der Waals surface area contributed by atoms with E-state index in [-0.39, 0.29) is 11.3 Å². The van der Waals surface area contributed by atoms with Crippen LogP contribution in [0.15, 0.2) is 29.6 Å². The van der Waals surface area contributed by atoms with Gasteiger partial charge in [-0.15, -0.1) is 11.3 Å². The van der Waals surface area contributed by atoms with Gasteiger partial charge in [0.25, 0.3) is 0 Å². The first kappa shape index (κ1) is 12.9. The first-order chi connectivity index (χ1) is 8.50. The number of hydrogen-bond donors (Lipinski definition) is 1. The fourth-order valence-corrected chi connectivity index (χ4v) is 2.71. The number of ketones is 1. The van der Waals surface area contributed by atoms with Crippen molar-refractivity contribution in [2.24, 2.45) is 5.73 Å². The molecule has 0 aliphatic carbocycles. The summed E-state index contributed by atoms with van der Waals surface area (Å²) in [4.78, 5) is 13.0. The highest BCUT2D eigenvalue weighted by molar-refractivity contribution is 7.10. The standard InChI is InChI=1S/C14H14FNOS/c1-8-6-9(2)12(10(15)7-8)14(17)13(16)11-4-3-5-18-11/h3-7,13H,16H2,1-2H3. The third-order valence-corrected chi connectivity index (χ3v) is 3.77. The summed E-state index contributed by atoms with van der Waals surface area (Å²) < 4.78 is 13.9. The lowest BCUT2D eigenvalue weighted by Crippen LogP contribution is -2.22. The van der Waals surface area contributed by atoms with Gasteiger partial charge in [-0.05, 0) is 42.5 Å². The van der Waals surface area contributed by atoms with Gasteiger partial charge in [-0.2, -0.15) is 0 Å². The molecule has 0 saturated carbocycles. The van der Waals surface area contributed by atoms with Crippen LogP contribution in [0, 0.1) is 19.7 Å². The molecule has 1 unspecified atom stereocenters. The van der Waals surface area contributed by atoms with Gasteiger partial charge in [0.1, 0.15) is 11.9 Å². The zero-order chi connectivity index (χ0) is 13.3. The average molecular weight is 263 g/mol. The number of hydrogen-bond acceptors (Lipinski definition) is 3. The smallest absolute Gasteiger partial charge is 0.188 e. The van der Waals surface area contributed by atoms with Crippen molar-refractivity contribution in [3.63, 3.8) is 0 Å². The molecule has 0 bridgehead atoms. The second-order valence-corrected chi connectivity index (χ2v) is 5.28. The topological polar surface area (TPSA) is 43.1 Å². The molecule has 0 aliphatic rings. The van der Waals surface area contributed by atoms with E-state index in [0.717, 1.165) is 10.4 Å². The maximum absolute atomic E-state index is 13.9. The normalized spacial score (nSPS) is 12.4. The molecule has 18 heavy (non-hydrogen) atoms. The van der Waals surface area contributed by atoms with Gasteiger partial charge in [-0.1, -0.05) is 12.1 Å². The summed E-state index contributed by atoms with van der Waals surface area (Å²) in [6.07, 6.45) is 0. The van der Waals surface area contributed by atoms with E-state index >= 15 is 0 Å². The molecule has 2 rings (SSSR count). The molecule has 0 spiro atoms. The summed E-state index contributed by atoms with van der Waals surface area (Å²) in [5.74, 6) is -0.864. The second-order valence-electron chi connectivity index (χ2n) is 4.30. The van der Waals surface area contributed by atoms with Gasteiger partial charge >= 0.3 is 0 Å². The van der Waals surface area contributed by atoms with Crippen LogP contribution in [0.25, 0.3) is 0 Å². The molecule has 0 aliphatic heterocycles. The van der Waals surface area contributed by atoms with Crippen molar-refractivity contribution in [1.29, 1.82) is 0 Å². The van der Waals surface area contributed by atoms with E-state index in [0.29, 0.717) is 5.56 Å². The molecule has 1 aromatic carbocycles. The van der Waals surface area contributed by atoms with E-state index in [4.69, 9.17) is 5.73 Å². The summed E-state index contributed by atoms with van der Waals surface area (Å²) in [6, 6.07) is 5.97. The number of halogens is 1. The Morgan fingerprint density at radius 1 is 1.39 bits per heavy atom. The number of aryl methyl sites for hydroxylation is 2. The average Bonchev–Trinajstić information content (AvgIpc) is 2.79. The predicted octanol–water partition coefficient (Wildman–Crippen LogP) is 3.39. The van der Waals surface area contributed by atoms with Crippen molar-refractivity contribution >= 4 is 17.1 Å². The van der Waals surface area contributed by atoms with E-state index in [1.807, 2.05) is 11.4 Å². The van der Waals surface area contributed by atoms with Gasteiger partial charge in [-0.25, -0.2) is 4.39 Å². The van der Waals surface area contributed by atoms with Crippen molar-refractivity contribution in [1.82, 2.24) is 0 Å². The number of rotatable bonds is 3. The van der Waals surface area contributed by atoms with Crippen LogP contribution in [-0.2, 0) is 0 Å². The summed E-state index contributed by atoms with van der Waals surface area (Å²) in [5.41, 5.74) is 7.41. The highest BCUT2D eigenvalue weighted by Gasteiger charge is 2.23. The molecule has 2 nitrogen and oxygen atoms in total. The molecule has 4 heteroatoms. The lowest BCUT2D eigenvalue weighted by Gasteiger charge is -2.12. The summed E-state index contributed by atoms with van der Waals surface area (Å²) in [7, 11) is 0. The highest BCUT2D eigenvalue weighted by atomic mass is 32.1. The van der Waals surface area contributed by atoms with Crippen LogP contribution < -0.4 is 5.73 Å². The fourth-order valence-electron chi connectivity index (χ4n) is 1.98. The third kappa shape index (κ3) is 2.35. The number of thiophene rings is 1. The van der Waals surface area contributed by atoms with Crippen molar-refractivity contribution in [3.8, 4) is 0 Å². The van der Waals surface area contributed by atoms with Crippen LogP contribution in [-0.4, -0.2) is 5.78 Å². The third-order valence-electron chi connectivity index (χ3n) is 2.81. The number of benzene rings is 1. The lowest BCUT2D eigenvalue weighted by atomic mass is 9.97. The van der Waals surface area contributed by atoms with Crippen molar-refractivity contribution in [2.45, 2.75) is 19.9 Å². The minimum absolute atomic E-state index is 0.0986. The van der Waals surface area contributed by atoms with E-state index in [1.54, 1.807) is 26.0 Å². The molecular weight excluding hydrogens is 249 g/mol. The SMILES string of the molecule is Cc1cc(C)c(C(=O)C(N)c2cccs2)c(F)c1. The van der Waals surface area contributed by atoms with Gasteiger partial charge in [0.15, 0.2) is 5.78 Å². The molecule has 0 fully saturated rings. The molecule has 2 aromatic rings. The van der Waals surface area contributed by atoms with Gasteiger partial charge in [0, 0.05) is 4.88 Å². The number of nitrogens with two attached hydrogens (primary N) is 1. The van der Waals surface area contributed by atoms with E-state index < -0.39 is 11.9 Å². The fraction of sp³-hybridized carbons (Fsp3) is 0.214. The lowest BCUT2D eigenvalue weighted by molar-refractivity contribution is 0.0958. The van der Waals surface area contributed by atoms with Crippen LogP contribution in [0.3, 0.4) is 0 Å². The van der Waals surface area contributed by atoms with Crippen molar-refractivity contribution < 1.29 is 9.18 Å². The van der Waals surface area contributed by atoms with Crippen molar-refractivity contribution in [3.05, 3.63) is 57.0 Å². The van der Waals surface area contributed by atoms with Crippen molar-refractivity contribution in [2.75, 3.05) is 0 Å². The Morgan fingerprint density at radius 2 is 2.11 bits per heavy atom. The number of Topliss-reactive ketones (excluding diaryl/α,β-unsaturated/α-hetero) is 1. The van der Waals surface area contributed by atoms with Crippen LogP contribution in [0.2, 0.25) is 0 Å². The molecule has 1 heterocycles. The Morgan fingerprint density at radius 3 is 2.67 bits per heavy atom. The first-order valence-corrected chi connectivity index (χ1v) is 6.48. The molecule has 1 aromatic heterocycles. The Bertz CT molecular complexity index is 554. The van der Waals surface area contributed by atoms with Gasteiger partial charge in [0.2, 0.25) is 0 Å². The van der Waals surface area contributed by atoms with Gasteiger partial charge in [-0.3, -0.25) is 4.79 Å². The first-order valence-electron chi connectivity index (χ1n) is 5.60. The quantitative estimate of drug-likeness (QED) is 0.863. The number of carbonyl (C=O) groups is 1. The minimum Gasteiger partial charge on any atom is -0.317 e. The molecule has 0 saturated heterocycles. The van der Waals surface area contributed by atoms with Crippen LogP contribution in [0.1, 0.15) is 32.4 Å². The summed E-state index contributed by atoms with van der Waals surface area (Å²) >= 11 is 1.40. The predicted molar refractivity (Wildman–Crippen MR) is 71.5 cm³/mol. The van der Waals surface area contributed by atoms with E-state index in [9.17, 15) is 9.18 Å².